The molecule has 0 amide bonds. The molecule has 0 radical (unpaired) electrons. The van der Waals surface area contributed by atoms with Gasteiger partial charge in [-0.3, -0.25) is 4.90 Å². The molecule has 1 fully saturated rings. The van der Waals surface area contributed by atoms with Crippen molar-refractivity contribution in [2.24, 2.45) is 0 Å². The molecule has 2 nitrogen and oxygen atoms in total. The molecule has 1 atom stereocenters. The van der Waals surface area contributed by atoms with E-state index < -0.39 is 0 Å². The lowest BCUT2D eigenvalue weighted by Gasteiger charge is -2.40. The quantitative estimate of drug-likeness (QED) is 0.582. The van der Waals surface area contributed by atoms with Crippen LogP contribution in [0.25, 0.3) is 0 Å². The van der Waals surface area contributed by atoms with E-state index in [0.717, 1.165) is 18.8 Å². The minimum Gasteiger partial charge on any atom is -0.303 e. The topological polar surface area (TPSA) is 6.48 Å². The van der Waals surface area contributed by atoms with E-state index >= 15 is 0 Å². The number of likely N-dealkylation sites (N-methyl/N-ethyl adjacent to an activating group) is 1. The van der Waals surface area contributed by atoms with Gasteiger partial charge in [0, 0.05) is 31.6 Å². The van der Waals surface area contributed by atoms with E-state index in [4.69, 9.17) is 11.6 Å². The number of halogens is 1. The molecule has 1 heterocycles. The number of nitrogens with zero attached hydrogens (tertiary/aromatic N) is 2. The third kappa shape index (κ3) is 4.48. The lowest BCUT2D eigenvalue weighted by atomic mass is 10.0. The summed E-state index contributed by atoms with van der Waals surface area (Å²) in [7, 11) is 2.22. The van der Waals surface area contributed by atoms with Crippen molar-refractivity contribution in [3.8, 4) is 0 Å². The summed E-state index contributed by atoms with van der Waals surface area (Å²) in [5.41, 5.74) is 1.45. The Hall–Kier alpha value is -0.570. The first kappa shape index (κ1) is 14.8. The Labute approximate surface area is 122 Å². The van der Waals surface area contributed by atoms with Crippen LogP contribution in [-0.2, 0) is 0 Å². The summed E-state index contributed by atoms with van der Waals surface area (Å²) < 4.78 is 0. The molecule has 1 aromatic carbocycles. The maximum atomic E-state index is 5.75. The fraction of sp³-hybridized carbons (Fsp3) is 0.625. The number of alkyl halides is 1. The summed E-state index contributed by atoms with van der Waals surface area (Å²) in [4.78, 5) is 5.08. The molecule has 0 spiro atoms. The second-order valence-electron chi connectivity index (χ2n) is 5.47. The van der Waals surface area contributed by atoms with Gasteiger partial charge in [0.15, 0.2) is 0 Å². The zero-order valence-corrected chi connectivity index (χ0v) is 12.6. The predicted octanol–water partition coefficient (Wildman–Crippen LogP) is 3.38. The van der Waals surface area contributed by atoms with Gasteiger partial charge < -0.3 is 4.90 Å². The largest absolute Gasteiger partial charge is 0.303 e. The van der Waals surface area contributed by atoms with Crippen LogP contribution in [0.4, 0.5) is 0 Å². The van der Waals surface area contributed by atoms with Crippen molar-refractivity contribution in [1.82, 2.24) is 9.80 Å². The normalized spacial score (nSPS) is 21.7. The Morgan fingerprint density at radius 1 is 1.11 bits per heavy atom. The van der Waals surface area contributed by atoms with E-state index in [1.54, 1.807) is 0 Å². The Bertz CT molecular complexity index is 355. The third-order valence-corrected chi connectivity index (χ3v) is 4.22. The maximum absolute atomic E-state index is 5.75. The molecule has 0 aromatic heterocycles. The van der Waals surface area contributed by atoms with E-state index in [9.17, 15) is 0 Å². The number of rotatable bonds is 6. The fourth-order valence-electron chi connectivity index (χ4n) is 2.80. The van der Waals surface area contributed by atoms with Crippen molar-refractivity contribution in [3.63, 3.8) is 0 Å². The lowest BCUT2D eigenvalue weighted by Crippen LogP contribution is -2.47. The first-order chi connectivity index (χ1) is 9.31. The van der Waals surface area contributed by atoms with Crippen molar-refractivity contribution >= 4 is 11.6 Å². The van der Waals surface area contributed by atoms with Crippen LogP contribution < -0.4 is 0 Å². The Morgan fingerprint density at radius 3 is 2.63 bits per heavy atom. The monoisotopic (exact) mass is 280 g/mol. The van der Waals surface area contributed by atoms with Gasteiger partial charge in [0.2, 0.25) is 0 Å². The Morgan fingerprint density at radius 2 is 1.89 bits per heavy atom. The zero-order valence-electron chi connectivity index (χ0n) is 11.9. The fourth-order valence-corrected chi connectivity index (χ4v) is 2.99. The predicted molar refractivity (Wildman–Crippen MR) is 82.8 cm³/mol. The smallest absolute Gasteiger partial charge is 0.0475 e. The van der Waals surface area contributed by atoms with Gasteiger partial charge in [-0.1, -0.05) is 36.8 Å². The molecule has 0 saturated carbocycles. The number of piperazine rings is 1. The van der Waals surface area contributed by atoms with Crippen molar-refractivity contribution in [3.05, 3.63) is 35.9 Å². The summed E-state index contributed by atoms with van der Waals surface area (Å²) in [5, 5.41) is 0. The van der Waals surface area contributed by atoms with E-state index in [2.05, 4.69) is 47.2 Å². The first-order valence-electron chi connectivity index (χ1n) is 7.35. The molecular weight excluding hydrogens is 256 g/mol. The minimum atomic E-state index is 0.552. The van der Waals surface area contributed by atoms with Crippen LogP contribution in [0.3, 0.4) is 0 Å². The van der Waals surface area contributed by atoms with E-state index in [-0.39, 0.29) is 0 Å². The van der Waals surface area contributed by atoms with Gasteiger partial charge >= 0.3 is 0 Å². The molecule has 1 aromatic rings. The van der Waals surface area contributed by atoms with Crippen LogP contribution in [0.5, 0.6) is 0 Å². The lowest BCUT2D eigenvalue weighted by molar-refractivity contribution is 0.0882. The highest BCUT2D eigenvalue weighted by molar-refractivity contribution is 6.17. The van der Waals surface area contributed by atoms with Gasteiger partial charge in [-0.25, -0.2) is 0 Å². The highest BCUT2D eigenvalue weighted by atomic mass is 35.5. The number of hydrogen-bond donors (Lipinski definition) is 0. The van der Waals surface area contributed by atoms with Gasteiger partial charge in [0.05, 0.1) is 0 Å². The second-order valence-corrected chi connectivity index (χ2v) is 5.85. The van der Waals surface area contributed by atoms with Gasteiger partial charge in [-0.05, 0) is 32.0 Å². The molecule has 1 saturated heterocycles. The van der Waals surface area contributed by atoms with Crippen LogP contribution >= 0.6 is 11.6 Å². The van der Waals surface area contributed by atoms with Crippen LogP contribution in [-0.4, -0.2) is 48.9 Å². The standard InChI is InChI=1S/C16H25ClN2/c1-18-12-13-19(11-7-3-6-10-17)16(14-18)15-8-4-2-5-9-15/h2,4-5,8-9,16H,3,6-7,10-14H2,1H3. The zero-order chi connectivity index (χ0) is 13.5. The Balaban J connectivity index is 1.95. The van der Waals surface area contributed by atoms with Gasteiger partial charge in [0.25, 0.3) is 0 Å². The van der Waals surface area contributed by atoms with Crippen molar-refractivity contribution in [1.29, 1.82) is 0 Å². The second kappa shape index (κ2) is 7.88. The van der Waals surface area contributed by atoms with Gasteiger partial charge in [0.1, 0.15) is 0 Å². The molecular formula is C16H25ClN2. The maximum Gasteiger partial charge on any atom is 0.0475 e. The minimum absolute atomic E-state index is 0.552. The third-order valence-electron chi connectivity index (χ3n) is 3.96. The number of unbranched alkanes of at least 4 members (excludes halogenated alkanes) is 2. The molecule has 0 N–H and O–H groups in total. The van der Waals surface area contributed by atoms with Crippen molar-refractivity contribution in [2.75, 3.05) is 39.1 Å². The van der Waals surface area contributed by atoms with Gasteiger partial charge in [-0.15, -0.1) is 11.6 Å². The van der Waals surface area contributed by atoms with E-state index in [1.807, 2.05) is 0 Å². The average molecular weight is 281 g/mol. The summed E-state index contributed by atoms with van der Waals surface area (Å²) >= 11 is 5.75. The highest BCUT2D eigenvalue weighted by Gasteiger charge is 2.25. The molecule has 0 aliphatic carbocycles. The first-order valence-corrected chi connectivity index (χ1v) is 7.88. The summed E-state index contributed by atoms with van der Waals surface area (Å²) in [5.74, 6) is 0.796. The summed E-state index contributed by atoms with van der Waals surface area (Å²) in [6.45, 7) is 4.69. The molecule has 2 rings (SSSR count). The SMILES string of the molecule is CN1CCN(CCCCCCl)C(c2ccccc2)C1. The highest BCUT2D eigenvalue weighted by Crippen LogP contribution is 2.25. The number of benzene rings is 1. The van der Waals surface area contributed by atoms with E-state index in [0.29, 0.717) is 6.04 Å². The average Bonchev–Trinajstić information content (AvgIpc) is 2.46. The molecule has 1 unspecified atom stereocenters. The van der Waals surface area contributed by atoms with Crippen LogP contribution in [0.15, 0.2) is 30.3 Å². The molecule has 1 aliphatic heterocycles. The van der Waals surface area contributed by atoms with Crippen molar-refractivity contribution < 1.29 is 0 Å². The molecule has 19 heavy (non-hydrogen) atoms. The molecule has 1 aliphatic rings. The molecule has 106 valence electrons. The summed E-state index contributed by atoms with van der Waals surface area (Å²) in [6, 6.07) is 11.5. The van der Waals surface area contributed by atoms with Crippen LogP contribution in [0.2, 0.25) is 0 Å². The van der Waals surface area contributed by atoms with Crippen molar-refractivity contribution in [2.45, 2.75) is 25.3 Å². The number of hydrogen-bond acceptors (Lipinski definition) is 2. The van der Waals surface area contributed by atoms with E-state index in [1.165, 1.54) is 38.0 Å². The summed E-state index contributed by atoms with van der Waals surface area (Å²) in [6.07, 6.45) is 3.66. The van der Waals surface area contributed by atoms with Crippen LogP contribution in [0.1, 0.15) is 30.9 Å². The molecule has 3 heteroatoms. The van der Waals surface area contributed by atoms with Crippen LogP contribution in [0, 0.1) is 0 Å². The molecule has 0 bridgehead atoms. The van der Waals surface area contributed by atoms with Gasteiger partial charge in [-0.2, -0.15) is 0 Å². The Kier molecular flexibility index (Phi) is 6.15.